The fraction of sp³-hybridized carbons (Fsp3) is 0.417. The third-order valence-electron chi connectivity index (χ3n) is 6.02. The van der Waals surface area contributed by atoms with Crippen molar-refractivity contribution in [1.29, 1.82) is 0 Å². The molecule has 0 unspecified atom stereocenters. The summed E-state index contributed by atoms with van der Waals surface area (Å²) in [5.41, 5.74) is 2.48. The lowest BCUT2D eigenvalue weighted by molar-refractivity contribution is 0.184. The van der Waals surface area contributed by atoms with Crippen LogP contribution >= 0.6 is 12.2 Å². The summed E-state index contributed by atoms with van der Waals surface area (Å²) in [5.74, 6) is 2.65. The monoisotopic (exact) mass is 420 g/mol. The lowest BCUT2D eigenvalue weighted by atomic mass is 10.2. The van der Waals surface area contributed by atoms with Gasteiger partial charge in [-0.1, -0.05) is 48.5 Å². The van der Waals surface area contributed by atoms with Gasteiger partial charge in [-0.3, -0.25) is 9.47 Å². The molecule has 2 aliphatic rings. The quantitative estimate of drug-likeness (QED) is 0.458. The van der Waals surface area contributed by atoms with Gasteiger partial charge in [0, 0.05) is 24.1 Å². The SMILES string of the molecule is COc1ccccc1CN(Cn1nc(C2CC2)n(Cc2ccccc2)c1=S)C1CC1. The number of para-hydroxylation sites is 1. The zero-order valence-electron chi connectivity index (χ0n) is 17.4. The molecular weight excluding hydrogens is 392 g/mol. The molecular formula is C24H28N4OS. The second-order valence-corrected chi connectivity index (χ2v) is 8.78. The van der Waals surface area contributed by atoms with Crippen LogP contribution in [-0.4, -0.2) is 32.4 Å². The third-order valence-corrected chi connectivity index (χ3v) is 6.45. The van der Waals surface area contributed by atoms with Crippen LogP contribution in [0.4, 0.5) is 0 Å². The highest BCUT2D eigenvalue weighted by Crippen LogP contribution is 2.39. The van der Waals surface area contributed by atoms with Crippen LogP contribution in [0.15, 0.2) is 54.6 Å². The van der Waals surface area contributed by atoms with Gasteiger partial charge in [-0.05, 0) is 49.5 Å². The molecule has 1 heterocycles. The van der Waals surface area contributed by atoms with E-state index in [4.69, 9.17) is 22.1 Å². The van der Waals surface area contributed by atoms with Crippen LogP contribution in [-0.2, 0) is 19.8 Å². The first kappa shape index (κ1) is 19.5. The van der Waals surface area contributed by atoms with E-state index >= 15 is 0 Å². The van der Waals surface area contributed by atoms with Gasteiger partial charge < -0.3 is 4.74 Å². The van der Waals surface area contributed by atoms with E-state index in [0.29, 0.717) is 12.0 Å². The smallest absolute Gasteiger partial charge is 0.199 e. The topological polar surface area (TPSA) is 35.2 Å². The van der Waals surface area contributed by atoms with Crippen LogP contribution in [0.3, 0.4) is 0 Å². The number of methoxy groups -OCH3 is 1. The van der Waals surface area contributed by atoms with E-state index in [1.165, 1.54) is 36.8 Å². The molecule has 2 fully saturated rings. The summed E-state index contributed by atoms with van der Waals surface area (Å²) in [6, 6.07) is 19.4. The highest BCUT2D eigenvalue weighted by molar-refractivity contribution is 7.71. The first-order valence-corrected chi connectivity index (χ1v) is 11.2. The summed E-state index contributed by atoms with van der Waals surface area (Å²) in [6.07, 6.45) is 4.91. The van der Waals surface area contributed by atoms with Crippen LogP contribution in [0, 0.1) is 4.77 Å². The Kier molecular flexibility index (Phi) is 5.44. The second kappa shape index (κ2) is 8.36. The number of ether oxygens (including phenoxy) is 1. The normalized spacial score (nSPS) is 16.2. The molecule has 156 valence electrons. The van der Waals surface area contributed by atoms with Crippen LogP contribution < -0.4 is 4.74 Å². The first-order chi connectivity index (χ1) is 14.7. The Morgan fingerprint density at radius 3 is 2.47 bits per heavy atom. The first-order valence-electron chi connectivity index (χ1n) is 10.8. The minimum Gasteiger partial charge on any atom is -0.496 e. The van der Waals surface area contributed by atoms with Gasteiger partial charge in [0.05, 0.1) is 20.3 Å². The Hall–Kier alpha value is -2.44. The average Bonchev–Trinajstić information content (AvgIpc) is 3.69. The second-order valence-electron chi connectivity index (χ2n) is 8.42. The molecule has 0 atom stereocenters. The molecule has 1 aromatic heterocycles. The third kappa shape index (κ3) is 4.20. The van der Waals surface area contributed by atoms with Gasteiger partial charge in [0.25, 0.3) is 0 Å². The van der Waals surface area contributed by atoms with Gasteiger partial charge in [0.1, 0.15) is 11.6 Å². The number of rotatable bonds is 9. The van der Waals surface area contributed by atoms with Crippen molar-refractivity contribution in [3.8, 4) is 5.75 Å². The number of aromatic nitrogens is 3. The molecule has 2 aromatic carbocycles. The van der Waals surface area contributed by atoms with E-state index in [0.717, 1.165) is 36.1 Å². The minimum absolute atomic E-state index is 0.556. The predicted octanol–water partition coefficient (Wildman–Crippen LogP) is 4.97. The van der Waals surface area contributed by atoms with Gasteiger partial charge >= 0.3 is 0 Å². The standard InChI is InChI=1S/C24H28N4OS/c1-29-22-10-6-5-9-20(22)16-26(21-13-14-21)17-28-24(30)27(23(25-28)19-11-12-19)15-18-7-3-2-4-8-18/h2-10,19,21H,11-17H2,1H3. The number of hydrogen-bond donors (Lipinski definition) is 0. The van der Waals surface area contributed by atoms with Crippen molar-refractivity contribution < 1.29 is 4.74 Å². The molecule has 6 heteroatoms. The summed E-state index contributed by atoms with van der Waals surface area (Å²) < 4.78 is 10.7. The van der Waals surface area contributed by atoms with Crippen molar-refractivity contribution in [3.63, 3.8) is 0 Å². The van der Waals surface area contributed by atoms with Crippen molar-refractivity contribution in [2.24, 2.45) is 0 Å². The Labute approximate surface area is 182 Å². The largest absolute Gasteiger partial charge is 0.496 e. The van der Waals surface area contributed by atoms with Crippen molar-refractivity contribution in [2.45, 2.75) is 57.4 Å². The lowest BCUT2D eigenvalue weighted by Crippen LogP contribution is -2.29. The van der Waals surface area contributed by atoms with Crippen LogP contribution in [0.25, 0.3) is 0 Å². The van der Waals surface area contributed by atoms with Crippen LogP contribution in [0.2, 0.25) is 0 Å². The van der Waals surface area contributed by atoms with Crippen molar-refractivity contribution >= 4 is 12.2 Å². The fourth-order valence-electron chi connectivity index (χ4n) is 4.07. The van der Waals surface area contributed by atoms with Crippen LogP contribution in [0.5, 0.6) is 5.75 Å². The van der Waals surface area contributed by atoms with E-state index in [2.05, 4.69) is 51.9 Å². The summed E-state index contributed by atoms with van der Waals surface area (Å²) >= 11 is 5.91. The maximum Gasteiger partial charge on any atom is 0.199 e. The molecule has 30 heavy (non-hydrogen) atoms. The molecule has 0 spiro atoms. The number of hydrogen-bond acceptors (Lipinski definition) is 4. The molecule has 0 amide bonds. The molecule has 0 aliphatic heterocycles. The van der Waals surface area contributed by atoms with Crippen molar-refractivity contribution in [1.82, 2.24) is 19.2 Å². The van der Waals surface area contributed by atoms with E-state index in [1.807, 2.05) is 16.8 Å². The number of nitrogens with zero attached hydrogens (tertiary/aromatic N) is 4. The summed E-state index contributed by atoms with van der Waals surface area (Å²) in [5, 5.41) is 5.00. The van der Waals surface area contributed by atoms with E-state index in [1.54, 1.807) is 7.11 Å². The zero-order valence-corrected chi connectivity index (χ0v) is 18.2. The fourth-order valence-corrected chi connectivity index (χ4v) is 4.32. The Morgan fingerprint density at radius 2 is 1.77 bits per heavy atom. The average molecular weight is 421 g/mol. The molecule has 5 rings (SSSR count). The highest BCUT2D eigenvalue weighted by atomic mass is 32.1. The Morgan fingerprint density at radius 1 is 1.03 bits per heavy atom. The Bertz CT molecular complexity index is 1070. The van der Waals surface area contributed by atoms with Crippen molar-refractivity contribution in [2.75, 3.05) is 7.11 Å². The summed E-state index contributed by atoms with van der Waals surface area (Å²) in [7, 11) is 1.74. The summed E-state index contributed by atoms with van der Waals surface area (Å²) in [6.45, 7) is 2.37. The zero-order chi connectivity index (χ0) is 20.5. The van der Waals surface area contributed by atoms with Gasteiger partial charge in [-0.15, -0.1) is 0 Å². The van der Waals surface area contributed by atoms with Gasteiger partial charge in [0.15, 0.2) is 4.77 Å². The van der Waals surface area contributed by atoms with Gasteiger partial charge in [-0.2, -0.15) is 5.10 Å². The molecule has 0 bridgehead atoms. The molecule has 0 saturated heterocycles. The Balaban J connectivity index is 1.41. The van der Waals surface area contributed by atoms with Crippen LogP contribution in [0.1, 0.15) is 48.6 Å². The minimum atomic E-state index is 0.556. The maximum absolute atomic E-state index is 5.91. The van der Waals surface area contributed by atoms with E-state index in [9.17, 15) is 0 Å². The van der Waals surface area contributed by atoms with Gasteiger partial charge in [0.2, 0.25) is 0 Å². The molecule has 5 nitrogen and oxygen atoms in total. The lowest BCUT2D eigenvalue weighted by Gasteiger charge is -2.22. The molecule has 0 N–H and O–H groups in total. The maximum atomic E-state index is 5.91. The number of benzene rings is 2. The van der Waals surface area contributed by atoms with E-state index < -0.39 is 0 Å². The highest BCUT2D eigenvalue weighted by Gasteiger charge is 2.33. The van der Waals surface area contributed by atoms with Crippen molar-refractivity contribution in [3.05, 3.63) is 76.3 Å². The van der Waals surface area contributed by atoms with Gasteiger partial charge in [-0.25, -0.2) is 4.68 Å². The van der Waals surface area contributed by atoms with E-state index in [-0.39, 0.29) is 0 Å². The molecule has 3 aromatic rings. The molecule has 2 saturated carbocycles. The molecule has 0 radical (unpaired) electrons. The summed E-state index contributed by atoms with van der Waals surface area (Å²) in [4.78, 5) is 2.49. The molecule has 2 aliphatic carbocycles. The predicted molar refractivity (Wildman–Crippen MR) is 120 cm³/mol.